The number of hydrogen-bond donors (Lipinski definition) is 1. The third-order valence-corrected chi connectivity index (χ3v) is 3.98. The fraction of sp³-hybridized carbons (Fsp3) is 0.400. The molecule has 0 aliphatic heterocycles. The van der Waals surface area contributed by atoms with E-state index in [9.17, 15) is 8.42 Å². The van der Waals surface area contributed by atoms with Crippen LogP contribution in [0.15, 0.2) is 5.03 Å². The number of rotatable bonds is 1. The molecule has 0 bridgehead atoms. The lowest BCUT2D eigenvalue weighted by atomic mass is 10.5. The Morgan fingerprint density at radius 3 is 2.25 bits per heavy atom. The Kier molecular flexibility index (Phi) is 2.45. The fourth-order valence-corrected chi connectivity index (χ4v) is 2.75. The minimum atomic E-state index is -3.67. The molecule has 1 heterocycles. The number of primary sulfonamides is 1. The maximum atomic E-state index is 10.9. The van der Waals surface area contributed by atoms with Crippen molar-refractivity contribution >= 4 is 32.6 Å². The summed E-state index contributed by atoms with van der Waals surface area (Å²) in [5, 5.41) is 8.66. The van der Waals surface area contributed by atoms with E-state index in [1.54, 1.807) is 14.0 Å². The first-order valence-electron chi connectivity index (χ1n) is 3.06. The van der Waals surface area contributed by atoms with Gasteiger partial charge in [-0.2, -0.15) is 5.10 Å². The molecule has 0 aromatic carbocycles. The van der Waals surface area contributed by atoms with E-state index >= 15 is 0 Å². The Bertz CT molecular complexity index is 409. The third-order valence-electron chi connectivity index (χ3n) is 1.50. The van der Waals surface area contributed by atoms with Gasteiger partial charge in [0.15, 0.2) is 0 Å². The fourth-order valence-electron chi connectivity index (χ4n) is 0.734. The zero-order chi connectivity index (χ0) is 9.52. The van der Waals surface area contributed by atoms with E-state index in [4.69, 9.17) is 5.14 Å². The smallest absolute Gasteiger partial charge is 0.258 e. The van der Waals surface area contributed by atoms with Crippen LogP contribution >= 0.6 is 22.6 Å². The molecule has 0 unspecified atom stereocenters. The topological polar surface area (TPSA) is 78.0 Å². The molecule has 0 saturated carbocycles. The molecule has 0 saturated heterocycles. The second kappa shape index (κ2) is 2.96. The first-order valence-corrected chi connectivity index (χ1v) is 5.68. The van der Waals surface area contributed by atoms with Gasteiger partial charge in [-0.05, 0) is 29.5 Å². The number of aromatic nitrogens is 2. The lowest BCUT2D eigenvalue weighted by Crippen LogP contribution is -2.14. The van der Waals surface area contributed by atoms with Crippen LogP contribution in [-0.4, -0.2) is 18.2 Å². The van der Waals surface area contributed by atoms with Crippen molar-refractivity contribution in [3.8, 4) is 0 Å². The Hall–Kier alpha value is -0.150. The summed E-state index contributed by atoms with van der Waals surface area (Å²) in [7, 11) is -2.00. The molecule has 0 fully saturated rings. The lowest BCUT2D eigenvalue weighted by molar-refractivity contribution is 0.589. The molecule has 0 radical (unpaired) electrons. The number of nitrogens with two attached hydrogens (primary N) is 1. The molecular weight excluding hydrogens is 293 g/mol. The summed E-state index contributed by atoms with van der Waals surface area (Å²) in [6.45, 7) is 1.78. The summed E-state index contributed by atoms with van der Waals surface area (Å²) >= 11 is 1.91. The van der Waals surface area contributed by atoms with Crippen LogP contribution < -0.4 is 5.14 Å². The van der Waals surface area contributed by atoms with Gasteiger partial charge in [-0.3, -0.25) is 4.68 Å². The van der Waals surface area contributed by atoms with Gasteiger partial charge >= 0.3 is 0 Å². The summed E-state index contributed by atoms with van der Waals surface area (Å²) < 4.78 is 23.9. The predicted octanol–water partition coefficient (Wildman–Crippen LogP) is -0.0195. The number of aryl methyl sites for hydroxylation is 1. The molecule has 1 rings (SSSR count). The number of sulfonamides is 1. The largest absolute Gasteiger partial charge is 0.270 e. The molecule has 5 nitrogen and oxygen atoms in total. The van der Waals surface area contributed by atoms with Crippen LogP contribution in [0.25, 0.3) is 0 Å². The van der Waals surface area contributed by atoms with Gasteiger partial charge in [-0.15, -0.1) is 0 Å². The van der Waals surface area contributed by atoms with E-state index in [2.05, 4.69) is 5.10 Å². The van der Waals surface area contributed by atoms with E-state index in [1.165, 1.54) is 4.68 Å². The highest BCUT2D eigenvalue weighted by molar-refractivity contribution is 14.1. The summed E-state index contributed by atoms with van der Waals surface area (Å²) in [4.78, 5) is 0. The zero-order valence-electron chi connectivity index (χ0n) is 6.57. The molecule has 0 aliphatic carbocycles. The van der Waals surface area contributed by atoms with Crippen molar-refractivity contribution in [3.05, 3.63) is 9.26 Å². The Morgan fingerprint density at radius 2 is 2.08 bits per heavy atom. The van der Waals surface area contributed by atoms with Crippen molar-refractivity contribution in [2.45, 2.75) is 11.9 Å². The Labute approximate surface area is 84.1 Å². The van der Waals surface area contributed by atoms with Gasteiger partial charge in [0.1, 0.15) is 0 Å². The Balaban J connectivity index is 3.48. The van der Waals surface area contributed by atoms with E-state index < -0.39 is 10.0 Å². The van der Waals surface area contributed by atoms with Crippen molar-refractivity contribution < 1.29 is 8.42 Å². The third kappa shape index (κ3) is 1.62. The molecule has 0 amide bonds. The second-order valence-corrected chi connectivity index (χ2v) is 4.93. The highest BCUT2D eigenvalue weighted by atomic mass is 127. The first-order chi connectivity index (χ1) is 5.34. The summed E-state index contributed by atoms with van der Waals surface area (Å²) in [6.07, 6.45) is 0. The van der Waals surface area contributed by atoms with Crippen LogP contribution in [-0.2, 0) is 17.1 Å². The Morgan fingerprint density at radius 1 is 1.58 bits per heavy atom. The molecule has 1 aromatic rings. The van der Waals surface area contributed by atoms with Crippen molar-refractivity contribution in [1.29, 1.82) is 0 Å². The van der Waals surface area contributed by atoms with Crippen LogP contribution in [0.1, 0.15) is 5.69 Å². The van der Waals surface area contributed by atoms with E-state index in [-0.39, 0.29) is 5.03 Å². The van der Waals surface area contributed by atoms with Crippen LogP contribution in [0.2, 0.25) is 0 Å². The van der Waals surface area contributed by atoms with Crippen LogP contribution in [0, 0.1) is 10.5 Å². The lowest BCUT2D eigenvalue weighted by Gasteiger charge is -1.90. The zero-order valence-corrected chi connectivity index (χ0v) is 9.55. The number of hydrogen-bond acceptors (Lipinski definition) is 3. The van der Waals surface area contributed by atoms with E-state index in [1.807, 2.05) is 22.6 Å². The standard InChI is InChI=1S/C5H8IN3O2S/c1-3-4(6)5(8-9(3)2)12(7,10)11/h1-2H3,(H2,7,10,11). The van der Waals surface area contributed by atoms with Gasteiger partial charge < -0.3 is 0 Å². The molecule has 12 heavy (non-hydrogen) atoms. The van der Waals surface area contributed by atoms with Crippen molar-refractivity contribution in [3.63, 3.8) is 0 Å². The highest BCUT2D eigenvalue weighted by Gasteiger charge is 2.19. The van der Waals surface area contributed by atoms with Crippen LogP contribution in [0.3, 0.4) is 0 Å². The van der Waals surface area contributed by atoms with Gasteiger partial charge in [0.05, 0.1) is 3.57 Å². The molecule has 0 atom stereocenters. The average molecular weight is 301 g/mol. The minimum Gasteiger partial charge on any atom is -0.270 e. The van der Waals surface area contributed by atoms with Crippen molar-refractivity contribution in [1.82, 2.24) is 9.78 Å². The molecule has 2 N–H and O–H groups in total. The average Bonchev–Trinajstić information content (AvgIpc) is 2.15. The van der Waals surface area contributed by atoms with E-state index in [0.29, 0.717) is 3.57 Å². The van der Waals surface area contributed by atoms with Gasteiger partial charge in [0.25, 0.3) is 10.0 Å². The van der Waals surface area contributed by atoms with Crippen molar-refractivity contribution in [2.75, 3.05) is 0 Å². The van der Waals surface area contributed by atoms with Crippen molar-refractivity contribution in [2.24, 2.45) is 12.2 Å². The molecular formula is C5H8IN3O2S. The SMILES string of the molecule is Cc1c(I)c(S(N)(=O)=O)nn1C. The van der Waals surface area contributed by atoms with Gasteiger partial charge in [0.2, 0.25) is 5.03 Å². The predicted molar refractivity (Wildman–Crippen MR) is 52.0 cm³/mol. The summed E-state index contributed by atoms with van der Waals surface area (Å²) in [6, 6.07) is 0. The van der Waals surface area contributed by atoms with Crippen LogP contribution in [0.4, 0.5) is 0 Å². The quantitative estimate of drug-likeness (QED) is 0.741. The molecule has 1 aromatic heterocycles. The monoisotopic (exact) mass is 301 g/mol. The number of halogens is 1. The van der Waals surface area contributed by atoms with Gasteiger partial charge in [-0.1, -0.05) is 0 Å². The minimum absolute atomic E-state index is 0.0527. The maximum absolute atomic E-state index is 10.9. The molecule has 0 aliphatic rings. The van der Waals surface area contributed by atoms with E-state index in [0.717, 1.165) is 5.69 Å². The molecule has 68 valence electrons. The first kappa shape index (κ1) is 9.93. The number of nitrogens with zero attached hydrogens (tertiary/aromatic N) is 2. The normalized spacial score (nSPS) is 12.0. The second-order valence-electron chi connectivity index (χ2n) is 2.37. The highest BCUT2D eigenvalue weighted by Crippen LogP contribution is 2.18. The maximum Gasteiger partial charge on any atom is 0.258 e. The summed E-state index contributed by atoms with van der Waals surface area (Å²) in [5.74, 6) is 0. The van der Waals surface area contributed by atoms with Gasteiger partial charge in [0, 0.05) is 12.7 Å². The van der Waals surface area contributed by atoms with Crippen LogP contribution in [0.5, 0.6) is 0 Å². The van der Waals surface area contributed by atoms with Gasteiger partial charge in [-0.25, -0.2) is 13.6 Å². The molecule has 7 heteroatoms. The molecule has 0 spiro atoms. The summed E-state index contributed by atoms with van der Waals surface area (Å²) in [5.41, 5.74) is 0.791.